The maximum absolute atomic E-state index is 13.1. The molecule has 0 rings (SSSR count). The van der Waals surface area contributed by atoms with E-state index in [1.165, 1.54) is 128 Å². The van der Waals surface area contributed by atoms with Crippen molar-refractivity contribution in [3.8, 4) is 0 Å². The molecule has 0 aliphatic heterocycles. The maximum atomic E-state index is 13.1. The third-order valence-corrected chi connectivity index (χ3v) is 12.3. The summed E-state index contributed by atoms with van der Waals surface area (Å²) in [6.45, 7) is 8.10. The van der Waals surface area contributed by atoms with Crippen LogP contribution in [0.15, 0.2) is 72.9 Å². The van der Waals surface area contributed by atoms with Crippen LogP contribution in [0, 0.1) is 5.41 Å². The van der Waals surface area contributed by atoms with Gasteiger partial charge in [0.1, 0.15) is 13.2 Å². The molecule has 0 heterocycles. The van der Waals surface area contributed by atoms with Gasteiger partial charge in [0.05, 0.1) is 5.41 Å². The van der Waals surface area contributed by atoms with Crippen LogP contribution in [0.1, 0.15) is 258 Å². The first-order valence-electron chi connectivity index (χ1n) is 27.7. The first kappa shape index (κ1) is 62.3. The highest BCUT2D eigenvalue weighted by molar-refractivity contribution is 5.69. The number of nitrogens with zero attached hydrogens (tertiary/aromatic N) is 1. The van der Waals surface area contributed by atoms with Crippen LogP contribution in [0.3, 0.4) is 0 Å². The lowest BCUT2D eigenvalue weighted by Gasteiger charge is -2.35. The fraction of sp³-hybridized carbons (Fsp3) is 0.767. The minimum Gasteiger partial charge on any atom is -0.465 e. The van der Waals surface area contributed by atoms with E-state index in [0.29, 0.717) is 26.1 Å². The van der Waals surface area contributed by atoms with Crippen LogP contribution in [0.5, 0.6) is 0 Å². The second-order valence-corrected chi connectivity index (χ2v) is 19.4. The molecule has 0 bridgehead atoms. The molecule has 0 unspecified atom stereocenters. The second kappa shape index (κ2) is 50.7. The minimum atomic E-state index is -0.402. The van der Waals surface area contributed by atoms with E-state index in [0.717, 1.165) is 103 Å². The number of hydrogen-bond acceptors (Lipinski definition) is 5. The van der Waals surface area contributed by atoms with Crippen molar-refractivity contribution in [3.63, 3.8) is 0 Å². The Bertz CT molecular complexity index is 1150. The molecule has 376 valence electrons. The van der Waals surface area contributed by atoms with Gasteiger partial charge in [-0.05, 0) is 130 Å². The number of unbranched alkanes of at least 4 members (excludes halogenated alkanes) is 25. The van der Waals surface area contributed by atoms with E-state index in [1.807, 2.05) is 0 Å². The van der Waals surface area contributed by atoms with Crippen LogP contribution in [-0.4, -0.2) is 50.7 Å². The van der Waals surface area contributed by atoms with E-state index in [2.05, 4.69) is 113 Å². The molecule has 0 spiro atoms. The van der Waals surface area contributed by atoms with E-state index in [1.54, 1.807) is 0 Å². The normalized spacial score (nSPS) is 12.6. The molecule has 0 aromatic carbocycles. The average Bonchev–Trinajstić information content (AvgIpc) is 3.29. The summed E-state index contributed by atoms with van der Waals surface area (Å²) in [6, 6.07) is 0. The number of allylic oxidation sites excluding steroid dienone is 12. The molecule has 0 saturated carbocycles. The van der Waals surface area contributed by atoms with Crippen LogP contribution in [-0.2, 0) is 19.1 Å². The molecule has 5 nitrogen and oxygen atoms in total. The lowest BCUT2D eigenvalue weighted by atomic mass is 9.83. The highest BCUT2D eigenvalue weighted by Crippen LogP contribution is 2.29. The van der Waals surface area contributed by atoms with Gasteiger partial charge in [0.25, 0.3) is 0 Å². The predicted molar refractivity (Wildman–Crippen MR) is 286 cm³/mol. The van der Waals surface area contributed by atoms with Gasteiger partial charge in [-0.3, -0.25) is 9.59 Å². The summed E-state index contributed by atoms with van der Waals surface area (Å²) in [5.74, 6) is -0.236. The summed E-state index contributed by atoms with van der Waals surface area (Å²) in [5, 5.41) is 0. The molecule has 0 atom stereocenters. The van der Waals surface area contributed by atoms with Gasteiger partial charge >= 0.3 is 11.9 Å². The van der Waals surface area contributed by atoms with Crippen molar-refractivity contribution in [2.45, 2.75) is 258 Å². The topological polar surface area (TPSA) is 55.8 Å². The minimum absolute atomic E-state index is 0.118. The molecular weight excluding hydrogens is 799 g/mol. The Morgan fingerprint density at radius 3 is 0.954 bits per heavy atom. The molecule has 0 N–H and O–H groups in total. The number of hydrogen-bond donors (Lipinski definition) is 0. The van der Waals surface area contributed by atoms with E-state index in [4.69, 9.17) is 9.47 Å². The molecule has 0 aliphatic rings. The number of carbonyl (C=O) groups is 2. The highest BCUT2D eigenvalue weighted by atomic mass is 16.5. The van der Waals surface area contributed by atoms with Crippen LogP contribution in [0.25, 0.3) is 0 Å². The third-order valence-electron chi connectivity index (χ3n) is 12.3. The zero-order valence-corrected chi connectivity index (χ0v) is 43.8. The SMILES string of the molecule is CCCCC/C=C\C/C=C\CCCCCCCCC(COC(=O)CCCCCCC/C=C\C/C=C\CCCCC)(COC(=O)CCCCCCC/C=C\C/C=C\CCCCC)CN(C)C. The van der Waals surface area contributed by atoms with Crippen molar-refractivity contribution in [3.05, 3.63) is 72.9 Å². The summed E-state index contributed by atoms with van der Waals surface area (Å²) in [6.07, 6.45) is 69.6. The zero-order valence-electron chi connectivity index (χ0n) is 43.8. The Morgan fingerprint density at radius 2 is 0.646 bits per heavy atom. The van der Waals surface area contributed by atoms with Crippen molar-refractivity contribution in [2.24, 2.45) is 5.41 Å². The van der Waals surface area contributed by atoms with Crippen LogP contribution >= 0.6 is 0 Å². The summed E-state index contributed by atoms with van der Waals surface area (Å²) >= 11 is 0. The summed E-state index contributed by atoms with van der Waals surface area (Å²) < 4.78 is 12.1. The molecule has 0 radical (unpaired) electrons. The van der Waals surface area contributed by atoms with E-state index < -0.39 is 5.41 Å². The van der Waals surface area contributed by atoms with Crippen molar-refractivity contribution in [1.82, 2.24) is 4.90 Å². The monoisotopic (exact) mass is 906 g/mol. The van der Waals surface area contributed by atoms with Crippen molar-refractivity contribution in [2.75, 3.05) is 33.9 Å². The molecular formula is C60H107NO4. The molecule has 0 aromatic heterocycles. The fourth-order valence-electron chi connectivity index (χ4n) is 8.29. The summed E-state index contributed by atoms with van der Waals surface area (Å²) in [5.41, 5.74) is -0.402. The Labute approximate surface area is 404 Å². The molecule has 0 aromatic rings. The third kappa shape index (κ3) is 47.6. The Kier molecular flexibility index (Phi) is 48.7. The number of carbonyl (C=O) groups excluding carboxylic acids is 2. The lowest BCUT2D eigenvalue weighted by Crippen LogP contribution is -2.42. The molecule has 5 heteroatoms. The molecule has 0 aliphatic carbocycles. The molecule has 0 fully saturated rings. The van der Waals surface area contributed by atoms with E-state index >= 15 is 0 Å². The van der Waals surface area contributed by atoms with Gasteiger partial charge in [0.2, 0.25) is 0 Å². The molecule has 0 amide bonds. The van der Waals surface area contributed by atoms with E-state index in [9.17, 15) is 9.59 Å². The maximum Gasteiger partial charge on any atom is 0.305 e. The van der Waals surface area contributed by atoms with Gasteiger partial charge in [0, 0.05) is 19.4 Å². The van der Waals surface area contributed by atoms with Gasteiger partial charge in [-0.1, -0.05) is 203 Å². The Morgan fingerprint density at radius 1 is 0.369 bits per heavy atom. The quantitative estimate of drug-likeness (QED) is 0.0346. The fourth-order valence-corrected chi connectivity index (χ4v) is 8.29. The molecule has 0 saturated heterocycles. The predicted octanol–water partition coefficient (Wildman–Crippen LogP) is 18.5. The van der Waals surface area contributed by atoms with Gasteiger partial charge < -0.3 is 14.4 Å². The number of esters is 2. The van der Waals surface area contributed by atoms with Gasteiger partial charge in [-0.2, -0.15) is 0 Å². The summed E-state index contributed by atoms with van der Waals surface area (Å²) in [7, 11) is 4.14. The Balaban J connectivity index is 4.80. The second-order valence-electron chi connectivity index (χ2n) is 19.4. The average molecular weight is 907 g/mol. The molecule has 65 heavy (non-hydrogen) atoms. The Hall–Kier alpha value is -2.66. The first-order valence-corrected chi connectivity index (χ1v) is 27.7. The van der Waals surface area contributed by atoms with Crippen LogP contribution in [0.2, 0.25) is 0 Å². The lowest BCUT2D eigenvalue weighted by molar-refractivity contribution is -0.155. The number of rotatable bonds is 49. The van der Waals surface area contributed by atoms with Crippen molar-refractivity contribution >= 4 is 11.9 Å². The van der Waals surface area contributed by atoms with E-state index in [-0.39, 0.29) is 11.9 Å². The largest absolute Gasteiger partial charge is 0.465 e. The van der Waals surface area contributed by atoms with Gasteiger partial charge in [-0.15, -0.1) is 0 Å². The smallest absolute Gasteiger partial charge is 0.305 e. The zero-order chi connectivity index (χ0) is 47.4. The first-order chi connectivity index (χ1) is 31.9. The van der Waals surface area contributed by atoms with Crippen molar-refractivity contribution < 1.29 is 19.1 Å². The number of ether oxygens (including phenoxy) is 2. The van der Waals surface area contributed by atoms with Gasteiger partial charge in [-0.25, -0.2) is 0 Å². The van der Waals surface area contributed by atoms with Crippen molar-refractivity contribution in [1.29, 1.82) is 0 Å². The summed E-state index contributed by atoms with van der Waals surface area (Å²) in [4.78, 5) is 28.3. The van der Waals surface area contributed by atoms with Crippen LogP contribution in [0.4, 0.5) is 0 Å². The van der Waals surface area contributed by atoms with Crippen LogP contribution < -0.4 is 0 Å². The standard InChI is InChI=1S/C60H107NO4/c1-6-9-12-15-18-21-24-27-30-33-36-39-42-45-48-51-54-60(55-61(4)5,56-64-58(62)52-49-46-43-40-37-34-31-28-25-22-19-16-13-10-7-2)57-65-59(63)53-50-47-44-41-38-35-32-29-26-23-20-17-14-11-8-3/h18-23,27-32H,6-17,24-26,33-57H2,1-5H3/b21-18-,22-19-,23-20-,30-27-,31-28-,32-29-. The van der Waals surface area contributed by atoms with Gasteiger partial charge in [0.15, 0.2) is 0 Å². The highest BCUT2D eigenvalue weighted by Gasteiger charge is 2.34.